The zero-order chi connectivity index (χ0) is 14.7. The molecule has 0 N–H and O–H groups in total. The van der Waals surface area contributed by atoms with Crippen molar-refractivity contribution in [2.45, 2.75) is 51.0 Å². The van der Waals surface area contributed by atoms with E-state index in [-0.39, 0.29) is 5.91 Å². The van der Waals surface area contributed by atoms with Gasteiger partial charge in [-0.15, -0.1) is 0 Å². The van der Waals surface area contributed by atoms with Crippen molar-refractivity contribution in [3.05, 3.63) is 23.9 Å². The fourth-order valence-corrected chi connectivity index (χ4v) is 3.51. The SMILES string of the molecule is CN(C(=O)c1ccnc(N2CCCC2)c1)C1CCCCC1. The van der Waals surface area contributed by atoms with E-state index in [0.29, 0.717) is 6.04 Å². The van der Waals surface area contributed by atoms with Crippen LogP contribution in [0.1, 0.15) is 55.3 Å². The summed E-state index contributed by atoms with van der Waals surface area (Å²) >= 11 is 0. The number of aromatic nitrogens is 1. The van der Waals surface area contributed by atoms with Crippen LogP contribution in [0.3, 0.4) is 0 Å². The molecule has 0 bridgehead atoms. The average molecular weight is 287 g/mol. The van der Waals surface area contributed by atoms with Gasteiger partial charge < -0.3 is 9.80 Å². The maximum atomic E-state index is 12.7. The van der Waals surface area contributed by atoms with Crippen LogP contribution in [0.4, 0.5) is 5.82 Å². The lowest BCUT2D eigenvalue weighted by Gasteiger charge is -2.31. The molecule has 1 saturated heterocycles. The summed E-state index contributed by atoms with van der Waals surface area (Å²) in [7, 11) is 1.95. The van der Waals surface area contributed by atoms with Crippen LogP contribution in [0.5, 0.6) is 0 Å². The van der Waals surface area contributed by atoms with Gasteiger partial charge in [0.15, 0.2) is 0 Å². The molecule has 0 aromatic carbocycles. The number of anilines is 1. The monoisotopic (exact) mass is 287 g/mol. The fraction of sp³-hybridized carbons (Fsp3) is 0.647. The Labute approximate surface area is 127 Å². The molecule has 1 aliphatic heterocycles. The predicted molar refractivity (Wildman–Crippen MR) is 84.7 cm³/mol. The lowest BCUT2D eigenvalue weighted by Crippen LogP contribution is -2.38. The van der Waals surface area contributed by atoms with Gasteiger partial charge in [0.05, 0.1) is 0 Å². The van der Waals surface area contributed by atoms with Crippen LogP contribution in [0.25, 0.3) is 0 Å². The molecule has 1 aromatic heterocycles. The first-order valence-corrected chi connectivity index (χ1v) is 8.24. The minimum absolute atomic E-state index is 0.143. The Bertz CT molecular complexity index is 491. The molecule has 0 unspecified atom stereocenters. The van der Waals surface area contributed by atoms with Crippen molar-refractivity contribution < 1.29 is 4.79 Å². The number of hydrogen-bond donors (Lipinski definition) is 0. The van der Waals surface area contributed by atoms with Crippen molar-refractivity contribution in [1.29, 1.82) is 0 Å². The number of carbonyl (C=O) groups is 1. The molecule has 4 nitrogen and oxygen atoms in total. The first kappa shape index (κ1) is 14.4. The number of nitrogens with zero attached hydrogens (tertiary/aromatic N) is 3. The minimum Gasteiger partial charge on any atom is -0.357 e. The van der Waals surface area contributed by atoms with Crippen LogP contribution in [-0.4, -0.2) is 42.0 Å². The summed E-state index contributed by atoms with van der Waals surface area (Å²) in [6.45, 7) is 2.12. The van der Waals surface area contributed by atoms with E-state index in [1.54, 1.807) is 6.20 Å². The second-order valence-electron chi connectivity index (χ2n) is 6.30. The van der Waals surface area contributed by atoms with Gasteiger partial charge in [-0.3, -0.25) is 4.79 Å². The van der Waals surface area contributed by atoms with Gasteiger partial charge >= 0.3 is 0 Å². The highest BCUT2D eigenvalue weighted by Gasteiger charge is 2.24. The average Bonchev–Trinajstić information content (AvgIpc) is 3.09. The normalized spacial score (nSPS) is 19.8. The maximum absolute atomic E-state index is 12.7. The molecule has 1 aromatic rings. The molecule has 2 aliphatic rings. The zero-order valence-electron chi connectivity index (χ0n) is 12.9. The van der Waals surface area contributed by atoms with Crippen molar-refractivity contribution in [1.82, 2.24) is 9.88 Å². The molecule has 2 heterocycles. The summed E-state index contributed by atoms with van der Waals surface area (Å²) in [6.07, 6.45) is 10.3. The molecular weight excluding hydrogens is 262 g/mol. The van der Waals surface area contributed by atoms with E-state index in [9.17, 15) is 4.79 Å². The molecule has 0 radical (unpaired) electrons. The Morgan fingerprint density at radius 3 is 2.62 bits per heavy atom. The minimum atomic E-state index is 0.143. The summed E-state index contributed by atoms with van der Waals surface area (Å²) in [6, 6.07) is 4.23. The van der Waals surface area contributed by atoms with E-state index in [0.717, 1.165) is 37.3 Å². The number of carbonyl (C=O) groups excluding carboxylic acids is 1. The van der Waals surface area contributed by atoms with Crippen molar-refractivity contribution in [2.24, 2.45) is 0 Å². The lowest BCUT2D eigenvalue weighted by atomic mass is 9.94. The van der Waals surface area contributed by atoms with Gasteiger partial charge in [-0.05, 0) is 37.8 Å². The molecule has 2 fully saturated rings. The first-order valence-electron chi connectivity index (χ1n) is 8.24. The van der Waals surface area contributed by atoms with Gasteiger partial charge in [0.2, 0.25) is 0 Å². The third kappa shape index (κ3) is 3.20. The third-order valence-corrected chi connectivity index (χ3v) is 4.87. The first-order chi connectivity index (χ1) is 10.3. The summed E-state index contributed by atoms with van der Waals surface area (Å²) in [5.74, 6) is 1.10. The Kier molecular flexibility index (Phi) is 4.42. The Morgan fingerprint density at radius 2 is 1.90 bits per heavy atom. The van der Waals surface area contributed by atoms with Crippen LogP contribution in [-0.2, 0) is 0 Å². The van der Waals surface area contributed by atoms with Gasteiger partial charge in [-0.2, -0.15) is 0 Å². The van der Waals surface area contributed by atoms with Crippen molar-refractivity contribution in [3.8, 4) is 0 Å². The number of rotatable bonds is 3. The summed E-state index contributed by atoms with van der Waals surface area (Å²) in [4.78, 5) is 21.3. The molecule has 3 rings (SSSR count). The molecule has 0 spiro atoms. The number of hydrogen-bond acceptors (Lipinski definition) is 3. The topological polar surface area (TPSA) is 36.4 Å². The molecule has 1 amide bonds. The number of pyridine rings is 1. The van der Waals surface area contributed by atoms with Crippen molar-refractivity contribution in [2.75, 3.05) is 25.0 Å². The molecule has 114 valence electrons. The fourth-order valence-electron chi connectivity index (χ4n) is 3.51. The van der Waals surface area contributed by atoms with E-state index in [4.69, 9.17) is 0 Å². The van der Waals surface area contributed by atoms with Gasteiger partial charge in [0.1, 0.15) is 5.82 Å². The molecule has 1 aliphatic carbocycles. The predicted octanol–water partition coefficient (Wildman–Crippen LogP) is 3.09. The highest BCUT2D eigenvalue weighted by atomic mass is 16.2. The highest BCUT2D eigenvalue weighted by Crippen LogP contribution is 2.24. The smallest absolute Gasteiger partial charge is 0.254 e. The Hall–Kier alpha value is -1.58. The molecule has 0 atom stereocenters. The molecular formula is C17H25N3O. The van der Waals surface area contributed by atoms with Gasteiger partial charge in [-0.25, -0.2) is 4.98 Å². The summed E-state index contributed by atoms with van der Waals surface area (Å²) in [5, 5.41) is 0. The number of amides is 1. The molecule has 4 heteroatoms. The summed E-state index contributed by atoms with van der Waals surface area (Å²) in [5.41, 5.74) is 0.778. The van der Waals surface area contributed by atoms with Crippen molar-refractivity contribution in [3.63, 3.8) is 0 Å². The standard InChI is InChI=1S/C17H25N3O/c1-19(15-7-3-2-4-8-15)17(21)14-9-10-18-16(13-14)20-11-5-6-12-20/h9-10,13,15H,2-8,11-12H2,1H3. The van der Waals surface area contributed by atoms with Gasteiger partial charge in [0.25, 0.3) is 5.91 Å². The molecule has 1 saturated carbocycles. The second-order valence-corrected chi connectivity index (χ2v) is 6.30. The van der Waals surface area contributed by atoms with Crippen molar-refractivity contribution >= 4 is 11.7 Å². The van der Waals surface area contributed by atoms with Crippen LogP contribution in [0, 0.1) is 0 Å². The Morgan fingerprint density at radius 1 is 1.19 bits per heavy atom. The largest absolute Gasteiger partial charge is 0.357 e. The van der Waals surface area contributed by atoms with Crippen LogP contribution < -0.4 is 4.90 Å². The zero-order valence-corrected chi connectivity index (χ0v) is 12.9. The summed E-state index contributed by atoms with van der Waals surface area (Å²) < 4.78 is 0. The van der Waals surface area contributed by atoms with E-state index < -0.39 is 0 Å². The van der Waals surface area contributed by atoms with E-state index in [1.807, 2.05) is 24.1 Å². The lowest BCUT2D eigenvalue weighted by molar-refractivity contribution is 0.0696. The molecule has 21 heavy (non-hydrogen) atoms. The van der Waals surface area contributed by atoms with Gasteiger partial charge in [-0.1, -0.05) is 19.3 Å². The van der Waals surface area contributed by atoms with E-state index >= 15 is 0 Å². The van der Waals surface area contributed by atoms with E-state index in [1.165, 1.54) is 32.1 Å². The quantitative estimate of drug-likeness (QED) is 0.857. The maximum Gasteiger partial charge on any atom is 0.254 e. The van der Waals surface area contributed by atoms with Crippen LogP contribution >= 0.6 is 0 Å². The Balaban J connectivity index is 1.72. The van der Waals surface area contributed by atoms with E-state index in [2.05, 4.69) is 9.88 Å². The van der Waals surface area contributed by atoms with Gasteiger partial charge in [0, 0.05) is 37.9 Å². The second kappa shape index (κ2) is 6.46. The van der Waals surface area contributed by atoms with Crippen LogP contribution in [0.15, 0.2) is 18.3 Å². The third-order valence-electron chi connectivity index (χ3n) is 4.87. The highest BCUT2D eigenvalue weighted by molar-refractivity contribution is 5.94. The van der Waals surface area contributed by atoms with Crippen LogP contribution in [0.2, 0.25) is 0 Å².